The fourth-order valence-corrected chi connectivity index (χ4v) is 3.45. The van der Waals surface area contributed by atoms with Gasteiger partial charge in [-0.15, -0.1) is 0 Å². The summed E-state index contributed by atoms with van der Waals surface area (Å²) < 4.78 is 1.27. The first-order valence-electron chi connectivity index (χ1n) is 4.67. The molecule has 1 aliphatic rings. The molecule has 70 valence electrons. The van der Waals surface area contributed by atoms with Gasteiger partial charge in [0.15, 0.2) is 0 Å². The topological polar surface area (TPSA) is 0 Å². The van der Waals surface area contributed by atoms with Crippen molar-refractivity contribution in [3.63, 3.8) is 0 Å². The van der Waals surface area contributed by atoms with E-state index in [1.54, 1.807) is 0 Å². The molecule has 0 spiro atoms. The molecular weight excluding hydrogens is 244 g/mol. The highest BCUT2D eigenvalue weighted by Crippen LogP contribution is 2.28. The van der Waals surface area contributed by atoms with Gasteiger partial charge in [0.25, 0.3) is 0 Å². The predicted molar refractivity (Wildman–Crippen MR) is 63.3 cm³/mol. The van der Waals surface area contributed by atoms with Gasteiger partial charge in [-0.25, -0.2) is 0 Å². The Labute approximate surface area is 92.2 Å². The molecule has 1 atom stereocenters. The van der Waals surface area contributed by atoms with Crippen molar-refractivity contribution in [1.29, 1.82) is 0 Å². The van der Waals surface area contributed by atoms with Crippen LogP contribution in [0.2, 0.25) is 0 Å². The van der Waals surface area contributed by atoms with Crippen molar-refractivity contribution in [3.05, 3.63) is 34.3 Å². The van der Waals surface area contributed by atoms with Crippen LogP contribution < -0.4 is 0 Å². The second-order valence-electron chi connectivity index (χ2n) is 3.53. The van der Waals surface area contributed by atoms with Gasteiger partial charge in [-0.1, -0.05) is 34.1 Å². The summed E-state index contributed by atoms with van der Waals surface area (Å²) in [6, 6.07) is 8.57. The Balaban J connectivity index is 2.04. The van der Waals surface area contributed by atoms with Crippen LogP contribution in [0.5, 0.6) is 0 Å². The van der Waals surface area contributed by atoms with Crippen molar-refractivity contribution in [2.45, 2.75) is 12.8 Å². The van der Waals surface area contributed by atoms with Gasteiger partial charge in [0.05, 0.1) is 0 Å². The van der Waals surface area contributed by atoms with Gasteiger partial charge >= 0.3 is 0 Å². The smallest absolute Gasteiger partial charge is 0.0207 e. The van der Waals surface area contributed by atoms with Crippen LogP contribution in [0.1, 0.15) is 12.0 Å². The molecule has 0 amide bonds. The van der Waals surface area contributed by atoms with Crippen LogP contribution in [0.25, 0.3) is 0 Å². The predicted octanol–water partition coefficient (Wildman–Crippen LogP) is 3.74. The third-order valence-corrected chi connectivity index (χ3v) is 4.50. The monoisotopic (exact) mass is 256 g/mol. The lowest BCUT2D eigenvalue weighted by Crippen LogP contribution is -2.02. The highest BCUT2D eigenvalue weighted by atomic mass is 79.9. The molecule has 1 aromatic rings. The molecule has 2 rings (SSSR count). The highest BCUT2D eigenvalue weighted by molar-refractivity contribution is 9.10. The number of rotatable bonds is 2. The Morgan fingerprint density at radius 1 is 1.38 bits per heavy atom. The highest BCUT2D eigenvalue weighted by Gasteiger charge is 2.16. The molecule has 13 heavy (non-hydrogen) atoms. The lowest BCUT2D eigenvalue weighted by Gasteiger charge is -2.09. The van der Waals surface area contributed by atoms with Gasteiger partial charge in [-0.3, -0.25) is 0 Å². The first kappa shape index (κ1) is 9.60. The van der Waals surface area contributed by atoms with Crippen LogP contribution in [0, 0.1) is 5.92 Å². The zero-order valence-corrected chi connectivity index (χ0v) is 9.90. The first-order valence-corrected chi connectivity index (χ1v) is 6.62. The average molecular weight is 257 g/mol. The Kier molecular flexibility index (Phi) is 3.33. The van der Waals surface area contributed by atoms with Crippen molar-refractivity contribution >= 4 is 27.7 Å². The van der Waals surface area contributed by atoms with Crippen LogP contribution in [-0.4, -0.2) is 11.5 Å². The summed E-state index contributed by atoms with van der Waals surface area (Å²) >= 11 is 5.69. The molecule has 1 aromatic carbocycles. The summed E-state index contributed by atoms with van der Waals surface area (Å²) in [5.74, 6) is 3.61. The molecular formula is C11H13BrS. The van der Waals surface area contributed by atoms with E-state index in [1.807, 2.05) is 0 Å². The molecule has 1 fully saturated rings. The van der Waals surface area contributed by atoms with E-state index in [2.05, 4.69) is 52.0 Å². The maximum atomic E-state index is 3.60. The molecule has 1 aliphatic heterocycles. The van der Waals surface area contributed by atoms with Crippen molar-refractivity contribution < 1.29 is 0 Å². The molecule has 0 bridgehead atoms. The quantitative estimate of drug-likeness (QED) is 0.777. The summed E-state index contributed by atoms with van der Waals surface area (Å²) in [4.78, 5) is 0. The third kappa shape index (κ3) is 2.50. The van der Waals surface area contributed by atoms with E-state index in [0.29, 0.717) is 0 Å². The van der Waals surface area contributed by atoms with Gasteiger partial charge in [-0.2, -0.15) is 11.8 Å². The SMILES string of the molecule is Brc1ccccc1CC1CCSC1. The molecule has 1 heterocycles. The summed E-state index contributed by atoms with van der Waals surface area (Å²) in [5, 5.41) is 0. The maximum absolute atomic E-state index is 3.60. The van der Waals surface area contributed by atoms with E-state index in [0.717, 1.165) is 5.92 Å². The molecule has 0 aromatic heterocycles. The van der Waals surface area contributed by atoms with Gasteiger partial charge in [0, 0.05) is 4.47 Å². The molecule has 0 N–H and O–H groups in total. The van der Waals surface area contributed by atoms with E-state index in [-0.39, 0.29) is 0 Å². The van der Waals surface area contributed by atoms with E-state index in [4.69, 9.17) is 0 Å². The van der Waals surface area contributed by atoms with E-state index < -0.39 is 0 Å². The normalized spacial score (nSPS) is 22.1. The summed E-state index contributed by atoms with van der Waals surface area (Å²) in [7, 11) is 0. The number of hydrogen-bond donors (Lipinski definition) is 0. The second kappa shape index (κ2) is 4.52. The molecule has 0 saturated carbocycles. The molecule has 2 heteroatoms. The Hall–Kier alpha value is 0.0500. The van der Waals surface area contributed by atoms with Crippen LogP contribution in [0.15, 0.2) is 28.7 Å². The minimum absolute atomic E-state index is 0.906. The summed E-state index contributed by atoms with van der Waals surface area (Å²) in [6.45, 7) is 0. The van der Waals surface area contributed by atoms with Crippen molar-refractivity contribution in [2.24, 2.45) is 5.92 Å². The van der Waals surface area contributed by atoms with Crippen molar-refractivity contribution in [3.8, 4) is 0 Å². The Bertz CT molecular complexity index is 279. The average Bonchev–Trinajstić information content (AvgIpc) is 2.61. The standard InChI is InChI=1S/C11H13BrS/c12-11-4-2-1-3-10(11)7-9-5-6-13-8-9/h1-4,9H,5-8H2. The molecule has 0 radical (unpaired) electrons. The maximum Gasteiger partial charge on any atom is 0.0207 e. The summed E-state index contributed by atoms with van der Waals surface area (Å²) in [6.07, 6.45) is 2.64. The van der Waals surface area contributed by atoms with Crippen LogP contribution in [-0.2, 0) is 6.42 Å². The van der Waals surface area contributed by atoms with Gasteiger partial charge in [0.1, 0.15) is 0 Å². The minimum atomic E-state index is 0.906. The van der Waals surface area contributed by atoms with Gasteiger partial charge in [-0.05, 0) is 41.9 Å². The lowest BCUT2D eigenvalue weighted by molar-refractivity contribution is 0.594. The van der Waals surface area contributed by atoms with Crippen molar-refractivity contribution in [2.75, 3.05) is 11.5 Å². The van der Waals surface area contributed by atoms with Gasteiger partial charge in [0.2, 0.25) is 0 Å². The molecule has 1 unspecified atom stereocenters. The van der Waals surface area contributed by atoms with Crippen molar-refractivity contribution in [1.82, 2.24) is 0 Å². The number of benzene rings is 1. The number of thioether (sulfide) groups is 1. The Morgan fingerprint density at radius 2 is 2.23 bits per heavy atom. The fourth-order valence-electron chi connectivity index (χ4n) is 1.72. The Morgan fingerprint density at radius 3 is 2.92 bits per heavy atom. The van der Waals surface area contributed by atoms with E-state index >= 15 is 0 Å². The van der Waals surface area contributed by atoms with Crippen LogP contribution in [0.3, 0.4) is 0 Å². The van der Waals surface area contributed by atoms with Crippen LogP contribution in [0.4, 0.5) is 0 Å². The molecule has 1 saturated heterocycles. The number of hydrogen-bond acceptors (Lipinski definition) is 1. The van der Waals surface area contributed by atoms with Gasteiger partial charge < -0.3 is 0 Å². The largest absolute Gasteiger partial charge is 0.162 e. The summed E-state index contributed by atoms with van der Waals surface area (Å²) in [5.41, 5.74) is 1.47. The first-order chi connectivity index (χ1) is 6.36. The number of halogens is 1. The molecule has 0 aliphatic carbocycles. The lowest BCUT2D eigenvalue weighted by atomic mass is 9.99. The third-order valence-electron chi connectivity index (χ3n) is 2.49. The zero-order chi connectivity index (χ0) is 9.10. The molecule has 0 nitrogen and oxygen atoms in total. The van der Waals surface area contributed by atoms with E-state index in [9.17, 15) is 0 Å². The minimum Gasteiger partial charge on any atom is -0.162 e. The van der Waals surface area contributed by atoms with Crippen LogP contribution >= 0.6 is 27.7 Å². The fraction of sp³-hybridized carbons (Fsp3) is 0.455. The zero-order valence-electron chi connectivity index (χ0n) is 7.50. The van der Waals surface area contributed by atoms with E-state index in [1.165, 1.54) is 34.4 Å². The second-order valence-corrected chi connectivity index (χ2v) is 5.53.